The molecule has 4 aliphatic rings. The molecule has 0 heterocycles. The molecule has 0 spiro atoms. The Bertz CT molecular complexity index is 1090. The highest BCUT2D eigenvalue weighted by Crippen LogP contribution is 2.60. The van der Waals surface area contributed by atoms with E-state index in [1.165, 1.54) is 31.4 Å². The number of rotatable bonds is 7. The highest BCUT2D eigenvalue weighted by Gasteiger charge is 2.54. The number of carbonyl (C=O) groups excluding carboxylic acids is 2. The summed E-state index contributed by atoms with van der Waals surface area (Å²) in [5.41, 5.74) is 0.807. The van der Waals surface area contributed by atoms with Crippen molar-refractivity contribution in [3.8, 4) is 0 Å². The van der Waals surface area contributed by atoms with Crippen LogP contribution in [0.25, 0.3) is 0 Å². The predicted octanol–water partition coefficient (Wildman–Crippen LogP) is 4.00. The maximum atomic E-state index is 13.2. The van der Waals surface area contributed by atoms with Crippen LogP contribution < -0.4 is 10.0 Å². The maximum Gasteiger partial charge on any atom is 0.240 e. The molecule has 32 heavy (non-hydrogen) atoms. The minimum Gasteiger partial charge on any atom is -0.326 e. The lowest BCUT2D eigenvalue weighted by atomic mass is 9.49. The molecule has 2 aromatic carbocycles. The molecule has 0 aromatic heterocycles. The first kappa shape index (κ1) is 21.3. The summed E-state index contributed by atoms with van der Waals surface area (Å²) in [6.07, 6.45) is 6.78. The predicted molar refractivity (Wildman–Crippen MR) is 122 cm³/mol. The number of benzene rings is 2. The van der Waals surface area contributed by atoms with Crippen LogP contribution in [0.15, 0.2) is 59.5 Å². The van der Waals surface area contributed by atoms with E-state index in [1.807, 2.05) is 0 Å². The molecule has 0 atom stereocenters. The number of anilines is 1. The zero-order valence-electron chi connectivity index (χ0n) is 17.9. The van der Waals surface area contributed by atoms with Crippen molar-refractivity contribution in [1.82, 2.24) is 4.72 Å². The molecule has 4 bridgehead atoms. The number of ketones is 1. The largest absolute Gasteiger partial charge is 0.326 e. The first-order valence-electron chi connectivity index (χ1n) is 11.3. The van der Waals surface area contributed by atoms with Gasteiger partial charge in [0.15, 0.2) is 5.78 Å². The summed E-state index contributed by atoms with van der Waals surface area (Å²) in [4.78, 5) is 25.4. The fourth-order valence-electron chi connectivity index (χ4n) is 6.34. The number of sulfonamides is 1. The van der Waals surface area contributed by atoms with E-state index in [0.29, 0.717) is 29.0 Å². The van der Waals surface area contributed by atoms with Crippen LogP contribution in [0.3, 0.4) is 0 Å². The van der Waals surface area contributed by atoms with E-state index in [-0.39, 0.29) is 28.5 Å². The fourth-order valence-corrected chi connectivity index (χ4v) is 7.32. The molecule has 0 aliphatic heterocycles. The van der Waals surface area contributed by atoms with E-state index < -0.39 is 10.0 Å². The highest BCUT2D eigenvalue weighted by atomic mass is 32.2. The summed E-state index contributed by atoms with van der Waals surface area (Å²) in [5.74, 6) is 1.84. The molecule has 0 saturated heterocycles. The van der Waals surface area contributed by atoms with E-state index in [9.17, 15) is 18.0 Å². The topological polar surface area (TPSA) is 92.3 Å². The summed E-state index contributed by atoms with van der Waals surface area (Å²) < 4.78 is 27.5. The number of Topliss-reactive ketones (excluding diaryl/α,β-unsaturated/α-hetero) is 1. The van der Waals surface area contributed by atoms with Crippen LogP contribution in [0.1, 0.15) is 48.9 Å². The molecule has 7 heteroatoms. The van der Waals surface area contributed by atoms with Gasteiger partial charge in [-0.3, -0.25) is 9.59 Å². The lowest BCUT2D eigenvalue weighted by molar-refractivity contribution is -0.140. The van der Waals surface area contributed by atoms with Crippen molar-refractivity contribution < 1.29 is 18.0 Å². The van der Waals surface area contributed by atoms with Gasteiger partial charge in [-0.2, -0.15) is 0 Å². The first-order valence-corrected chi connectivity index (χ1v) is 12.8. The zero-order chi connectivity index (χ0) is 22.3. The van der Waals surface area contributed by atoms with Crippen molar-refractivity contribution in [2.45, 2.75) is 43.4 Å². The second-order valence-corrected chi connectivity index (χ2v) is 11.6. The molecular weight excluding hydrogens is 424 g/mol. The van der Waals surface area contributed by atoms with Crippen molar-refractivity contribution >= 4 is 27.4 Å². The fraction of sp³-hybridized carbons (Fsp3) is 0.440. The molecule has 2 N–H and O–H groups in total. The molecule has 6 nitrogen and oxygen atoms in total. The molecule has 168 valence electrons. The van der Waals surface area contributed by atoms with E-state index >= 15 is 0 Å². The van der Waals surface area contributed by atoms with Gasteiger partial charge in [0.25, 0.3) is 0 Å². The van der Waals surface area contributed by atoms with Gasteiger partial charge in [0, 0.05) is 11.3 Å². The van der Waals surface area contributed by atoms with Gasteiger partial charge in [-0.1, -0.05) is 30.3 Å². The Hall–Kier alpha value is -2.51. The molecular formula is C25H28N2O4S. The van der Waals surface area contributed by atoms with Crippen LogP contribution in [0.4, 0.5) is 5.69 Å². The molecule has 0 radical (unpaired) electrons. The Morgan fingerprint density at radius 3 is 1.97 bits per heavy atom. The zero-order valence-corrected chi connectivity index (χ0v) is 18.7. The molecule has 4 aliphatic carbocycles. The minimum absolute atomic E-state index is 0.0613. The summed E-state index contributed by atoms with van der Waals surface area (Å²) in [7, 11) is -3.83. The Morgan fingerprint density at radius 2 is 1.41 bits per heavy atom. The van der Waals surface area contributed by atoms with Crippen LogP contribution >= 0.6 is 0 Å². The van der Waals surface area contributed by atoms with Crippen LogP contribution in [0.5, 0.6) is 0 Å². The lowest BCUT2D eigenvalue weighted by Gasteiger charge is -2.55. The summed E-state index contributed by atoms with van der Waals surface area (Å²) in [5, 5.41) is 3.04. The first-order chi connectivity index (χ1) is 15.3. The van der Waals surface area contributed by atoms with Gasteiger partial charge in [0.1, 0.15) is 0 Å². The number of carbonyl (C=O) groups is 2. The smallest absolute Gasteiger partial charge is 0.240 e. The summed E-state index contributed by atoms with van der Waals surface area (Å²) in [6, 6.07) is 14.7. The Balaban J connectivity index is 1.22. The normalized spacial score (nSPS) is 28.4. The van der Waals surface area contributed by atoms with Gasteiger partial charge in [-0.05, 0) is 80.5 Å². The number of nitrogens with one attached hydrogen (secondary N) is 2. The van der Waals surface area contributed by atoms with E-state index in [1.54, 1.807) is 42.5 Å². The maximum absolute atomic E-state index is 13.2. The second-order valence-electron chi connectivity index (χ2n) is 9.79. The Morgan fingerprint density at radius 1 is 0.844 bits per heavy atom. The van der Waals surface area contributed by atoms with Crippen molar-refractivity contribution in [3.63, 3.8) is 0 Å². The molecule has 4 saturated carbocycles. The Labute approximate surface area is 188 Å². The van der Waals surface area contributed by atoms with Crippen molar-refractivity contribution in [2.75, 3.05) is 11.9 Å². The van der Waals surface area contributed by atoms with Crippen molar-refractivity contribution in [3.05, 3.63) is 60.2 Å². The van der Waals surface area contributed by atoms with Crippen LogP contribution in [0.2, 0.25) is 0 Å². The van der Waals surface area contributed by atoms with Crippen LogP contribution in [-0.4, -0.2) is 26.7 Å². The van der Waals surface area contributed by atoms with Crippen LogP contribution in [-0.2, 0) is 14.8 Å². The standard InChI is InChI=1S/C25H28N2O4S/c28-23(20-4-2-1-3-5-20)16-26-32(30,31)22-8-6-21(7-9-22)27-24(29)25-13-17-10-18(14-25)12-19(11-17)15-25/h1-9,17-19,26H,10-16H2,(H,27,29). The van der Waals surface area contributed by atoms with Crippen molar-refractivity contribution in [1.29, 1.82) is 0 Å². The average Bonchev–Trinajstić information content (AvgIpc) is 2.77. The third-order valence-corrected chi connectivity index (χ3v) is 8.88. The van der Waals surface area contributed by atoms with Gasteiger partial charge in [-0.25, -0.2) is 13.1 Å². The quantitative estimate of drug-likeness (QED) is 0.621. The van der Waals surface area contributed by atoms with Gasteiger partial charge < -0.3 is 5.32 Å². The molecule has 6 rings (SSSR count). The summed E-state index contributed by atoms with van der Waals surface area (Å²) >= 11 is 0. The number of hydrogen-bond acceptors (Lipinski definition) is 4. The second kappa shape index (κ2) is 8.12. The highest BCUT2D eigenvalue weighted by molar-refractivity contribution is 7.89. The van der Waals surface area contributed by atoms with Gasteiger partial charge in [0.05, 0.1) is 16.9 Å². The summed E-state index contributed by atoms with van der Waals surface area (Å²) in [6.45, 7) is -0.309. The lowest BCUT2D eigenvalue weighted by Crippen LogP contribution is -2.51. The van der Waals surface area contributed by atoms with E-state index in [4.69, 9.17) is 0 Å². The number of amides is 1. The van der Waals surface area contributed by atoms with Gasteiger partial charge >= 0.3 is 0 Å². The molecule has 1 amide bonds. The molecule has 0 unspecified atom stereocenters. The average molecular weight is 453 g/mol. The molecule has 2 aromatic rings. The third kappa shape index (κ3) is 4.11. The van der Waals surface area contributed by atoms with E-state index in [0.717, 1.165) is 19.3 Å². The third-order valence-electron chi connectivity index (χ3n) is 7.46. The molecule has 4 fully saturated rings. The van der Waals surface area contributed by atoms with Gasteiger partial charge in [-0.15, -0.1) is 0 Å². The van der Waals surface area contributed by atoms with Crippen LogP contribution in [0, 0.1) is 23.2 Å². The SMILES string of the molecule is O=C(CNS(=O)(=O)c1ccc(NC(=O)C23CC4CC(CC(C4)C2)C3)cc1)c1ccccc1. The Kier molecular flexibility index (Phi) is 5.42. The monoisotopic (exact) mass is 452 g/mol. The van der Waals surface area contributed by atoms with Gasteiger partial charge in [0.2, 0.25) is 15.9 Å². The minimum atomic E-state index is -3.83. The van der Waals surface area contributed by atoms with Crippen molar-refractivity contribution in [2.24, 2.45) is 23.2 Å². The van der Waals surface area contributed by atoms with E-state index in [2.05, 4.69) is 10.0 Å². The number of hydrogen-bond donors (Lipinski definition) is 2.